The smallest absolute Gasteiger partial charge is 0.291 e. The van der Waals surface area contributed by atoms with Gasteiger partial charge in [-0.1, -0.05) is 28.1 Å². The van der Waals surface area contributed by atoms with Crippen LogP contribution in [0.25, 0.3) is 0 Å². The lowest BCUT2D eigenvalue weighted by atomic mass is 10.2. The molecule has 0 aliphatic carbocycles. The minimum atomic E-state index is -0.368. The van der Waals surface area contributed by atoms with E-state index >= 15 is 0 Å². The number of aromatic nitrogens is 2. The van der Waals surface area contributed by atoms with E-state index < -0.39 is 0 Å². The standard InChI is InChI=1S/C24H21BrFN3O3/c1-15-23(16(2)29(28-15)13-17-3-7-19(26)8-4-17)27-24(30)22-12-11-21(32-22)14-31-20-9-5-18(25)6-10-20/h3-12H,13-14H2,1-2H3,(H,27,30). The summed E-state index contributed by atoms with van der Waals surface area (Å²) in [7, 11) is 0. The Balaban J connectivity index is 1.41. The Bertz CT molecular complexity index is 1230. The Labute approximate surface area is 193 Å². The van der Waals surface area contributed by atoms with E-state index in [-0.39, 0.29) is 24.1 Å². The van der Waals surface area contributed by atoms with E-state index in [1.807, 2.05) is 38.1 Å². The first-order valence-electron chi connectivity index (χ1n) is 9.96. The number of furan rings is 1. The Morgan fingerprint density at radius 3 is 2.53 bits per heavy atom. The van der Waals surface area contributed by atoms with E-state index in [1.54, 1.807) is 28.9 Å². The van der Waals surface area contributed by atoms with E-state index in [0.717, 1.165) is 15.7 Å². The van der Waals surface area contributed by atoms with Gasteiger partial charge < -0.3 is 14.5 Å². The Kier molecular flexibility index (Phi) is 6.41. The third-order valence-corrected chi connectivity index (χ3v) is 5.47. The third kappa shape index (κ3) is 5.08. The van der Waals surface area contributed by atoms with Crippen molar-refractivity contribution in [2.75, 3.05) is 5.32 Å². The highest BCUT2D eigenvalue weighted by Gasteiger charge is 2.18. The number of aryl methyl sites for hydroxylation is 1. The normalized spacial score (nSPS) is 10.9. The number of carbonyl (C=O) groups excluding carboxylic acids is 1. The van der Waals surface area contributed by atoms with Crippen LogP contribution in [0.4, 0.5) is 10.1 Å². The van der Waals surface area contributed by atoms with Crippen LogP contribution in [0.2, 0.25) is 0 Å². The lowest BCUT2D eigenvalue weighted by molar-refractivity contribution is 0.0992. The zero-order chi connectivity index (χ0) is 22.7. The largest absolute Gasteiger partial charge is 0.486 e. The number of nitrogens with zero attached hydrogens (tertiary/aromatic N) is 2. The van der Waals surface area contributed by atoms with Crippen LogP contribution in [-0.4, -0.2) is 15.7 Å². The summed E-state index contributed by atoms with van der Waals surface area (Å²) in [5.41, 5.74) is 3.02. The summed E-state index contributed by atoms with van der Waals surface area (Å²) < 4.78 is 27.2. The first-order chi connectivity index (χ1) is 15.4. The molecule has 0 bridgehead atoms. The lowest BCUT2D eigenvalue weighted by Crippen LogP contribution is -2.12. The molecule has 164 valence electrons. The van der Waals surface area contributed by atoms with E-state index in [4.69, 9.17) is 9.15 Å². The summed E-state index contributed by atoms with van der Waals surface area (Å²) >= 11 is 3.38. The van der Waals surface area contributed by atoms with Gasteiger partial charge in [0.2, 0.25) is 0 Å². The molecule has 2 aromatic carbocycles. The van der Waals surface area contributed by atoms with Gasteiger partial charge in [-0.05, 0) is 67.9 Å². The summed E-state index contributed by atoms with van der Waals surface area (Å²) in [6, 6.07) is 17.0. The molecule has 0 aliphatic rings. The van der Waals surface area contributed by atoms with Crippen LogP contribution in [-0.2, 0) is 13.2 Å². The number of amides is 1. The fourth-order valence-corrected chi connectivity index (χ4v) is 3.50. The number of anilines is 1. The average molecular weight is 498 g/mol. The van der Waals surface area contributed by atoms with Crippen LogP contribution in [0.15, 0.2) is 69.6 Å². The van der Waals surface area contributed by atoms with Gasteiger partial charge in [0.25, 0.3) is 5.91 Å². The molecule has 32 heavy (non-hydrogen) atoms. The molecule has 0 radical (unpaired) electrons. The monoisotopic (exact) mass is 497 g/mol. The van der Waals surface area contributed by atoms with Crippen LogP contribution in [0.3, 0.4) is 0 Å². The molecule has 0 fully saturated rings. The van der Waals surface area contributed by atoms with Crippen LogP contribution < -0.4 is 10.1 Å². The van der Waals surface area contributed by atoms with Crippen molar-refractivity contribution in [3.8, 4) is 5.75 Å². The minimum absolute atomic E-state index is 0.185. The zero-order valence-electron chi connectivity index (χ0n) is 17.6. The maximum Gasteiger partial charge on any atom is 0.291 e. The maximum atomic E-state index is 13.1. The molecule has 4 rings (SSSR count). The van der Waals surface area contributed by atoms with E-state index in [9.17, 15) is 9.18 Å². The predicted molar refractivity (Wildman–Crippen MR) is 122 cm³/mol. The van der Waals surface area contributed by atoms with Gasteiger partial charge in [0.15, 0.2) is 5.76 Å². The van der Waals surface area contributed by atoms with Gasteiger partial charge in [0.05, 0.1) is 23.6 Å². The molecule has 0 spiro atoms. The van der Waals surface area contributed by atoms with Crippen molar-refractivity contribution >= 4 is 27.5 Å². The molecule has 2 heterocycles. The fourth-order valence-electron chi connectivity index (χ4n) is 3.23. The second-order valence-corrected chi connectivity index (χ2v) is 8.21. The molecule has 1 amide bonds. The summed E-state index contributed by atoms with van der Waals surface area (Å²) in [5, 5.41) is 7.38. The minimum Gasteiger partial charge on any atom is -0.486 e. The predicted octanol–water partition coefficient (Wildman–Crippen LogP) is 5.87. The number of carbonyl (C=O) groups is 1. The molecule has 0 saturated heterocycles. The Morgan fingerprint density at radius 1 is 1.09 bits per heavy atom. The summed E-state index contributed by atoms with van der Waals surface area (Å²) in [6.07, 6.45) is 0. The quantitative estimate of drug-likeness (QED) is 0.346. The topological polar surface area (TPSA) is 69.3 Å². The molecule has 4 aromatic rings. The van der Waals surface area contributed by atoms with Crippen molar-refractivity contribution in [2.45, 2.75) is 27.0 Å². The number of halogens is 2. The number of ether oxygens (including phenoxy) is 1. The van der Waals surface area contributed by atoms with Gasteiger partial charge in [-0.15, -0.1) is 0 Å². The van der Waals surface area contributed by atoms with Crippen LogP contribution in [0.5, 0.6) is 5.75 Å². The maximum absolute atomic E-state index is 13.1. The Morgan fingerprint density at radius 2 is 1.81 bits per heavy atom. The molecule has 2 aromatic heterocycles. The molecular weight excluding hydrogens is 477 g/mol. The van der Waals surface area contributed by atoms with Crippen molar-refractivity contribution < 1.29 is 18.3 Å². The molecule has 0 unspecified atom stereocenters. The summed E-state index contributed by atoms with van der Waals surface area (Å²) in [6.45, 7) is 4.38. The number of hydrogen-bond acceptors (Lipinski definition) is 4. The van der Waals surface area contributed by atoms with Crippen LogP contribution in [0, 0.1) is 19.7 Å². The van der Waals surface area contributed by atoms with Gasteiger partial charge in [-0.25, -0.2) is 4.39 Å². The summed E-state index contributed by atoms with van der Waals surface area (Å²) in [5.74, 6) is 0.779. The van der Waals surface area contributed by atoms with Gasteiger partial charge in [-0.2, -0.15) is 5.10 Å². The Hall–Kier alpha value is -3.39. The van der Waals surface area contributed by atoms with Crippen molar-refractivity contribution in [3.05, 3.63) is 99.4 Å². The lowest BCUT2D eigenvalue weighted by Gasteiger charge is -2.07. The first-order valence-corrected chi connectivity index (χ1v) is 10.8. The van der Waals surface area contributed by atoms with Crippen molar-refractivity contribution in [3.63, 3.8) is 0 Å². The number of nitrogens with one attached hydrogen (secondary N) is 1. The molecular formula is C24H21BrFN3O3. The summed E-state index contributed by atoms with van der Waals surface area (Å²) in [4.78, 5) is 12.7. The van der Waals surface area contributed by atoms with Crippen molar-refractivity contribution in [1.82, 2.24) is 9.78 Å². The molecule has 6 nitrogen and oxygen atoms in total. The van der Waals surface area contributed by atoms with E-state index in [0.29, 0.717) is 29.4 Å². The highest BCUT2D eigenvalue weighted by Crippen LogP contribution is 2.23. The van der Waals surface area contributed by atoms with E-state index in [2.05, 4.69) is 26.3 Å². The third-order valence-electron chi connectivity index (χ3n) is 4.95. The highest BCUT2D eigenvalue weighted by molar-refractivity contribution is 9.10. The SMILES string of the molecule is Cc1nn(Cc2ccc(F)cc2)c(C)c1NC(=O)c1ccc(COc2ccc(Br)cc2)o1. The number of hydrogen-bond donors (Lipinski definition) is 1. The second kappa shape index (κ2) is 9.40. The van der Waals surface area contributed by atoms with Crippen LogP contribution in [0.1, 0.15) is 33.3 Å². The fraction of sp³-hybridized carbons (Fsp3) is 0.167. The van der Waals surface area contributed by atoms with Gasteiger partial charge in [-0.3, -0.25) is 9.48 Å². The average Bonchev–Trinajstić information content (AvgIpc) is 3.35. The number of rotatable bonds is 7. The van der Waals surface area contributed by atoms with Crippen molar-refractivity contribution in [2.24, 2.45) is 0 Å². The zero-order valence-corrected chi connectivity index (χ0v) is 19.1. The van der Waals surface area contributed by atoms with Gasteiger partial charge in [0, 0.05) is 4.47 Å². The molecule has 0 aliphatic heterocycles. The highest BCUT2D eigenvalue weighted by atomic mass is 79.9. The molecule has 1 N–H and O–H groups in total. The van der Waals surface area contributed by atoms with Crippen molar-refractivity contribution in [1.29, 1.82) is 0 Å². The first kappa shape index (κ1) is 21.8. The second-order valence-electron chi connectivity index (χ2n) is 7.29. The van der Waals surface area contributed by atoms with Gasteiger partial charge >= 0.3 is 0 Å². The van der Waals surface area contributed by atoms with Crippen LogP contribution >= 0.6 is 15.9 Å². The molecule has 0 saturated carbocycles. The van der Waals surface area contributed by atoms with E-state index in [1.165, 1.54) is 12.1 Å². The number of benzene rings is 2. The molecule has 8 heteroatoms. The van der Waals surface area contributed by atoms with Gasteiger partial charge in [0.1, 0.15) is 23.9 Å². The molecule has 0 atom stereocenters.